The predicted octanol–water partition coefficient (Wildman–Crippen LogP) is 3.60. The molecular formula is C16H22NO2. The van der Waals surface area contributed by atoms with Gasteiger partial charge in [-0.2, -0.15) is 0 Å². The van der Waals surface area contributed by atoms with Crippen molar-refractivity contribution in [2.75, 3.05) is 13.1 Å². The Morgan fingerprint density at radius 1 is 1.37 bits per heavy atom. The van der Waals surface area contributed by atoms with Crippen LogP contribution in [-0.4, -0.2) is 29.7 Å². The van der Waals surface area contributed by atoms with Gasteiger partial charge in [0.05, 0.1) is 0 Å². The molecule has 0 saturated carbocycles. The van der Waals surface area contributed by atoms with E-state index in [9.17, 15) is 4.79 Å². The van der Waals surface area contributed by atoms with E-state index in [1.54, 1.807) is 0 Å². The first-order chi connectivity index (χ1) is 8.96. The Kier molecular flexibility index (Phi) is 4.13. The lowest BCUT2D eigenvalue weighted by atomic mass is 9.90. The molecule has 0 atom stereocenters. The van der Waals surface area contributed by atoms with Crippen LogP contribution in [0.4, 0.5) is 4.79 Å². The van der Waals surface area contributed by atoms with Gasteiger partial charge in [0.25, 0.3) is 0 Å². The van der Waals surface area contributed by atoms with Crippen molar-refractivity contribution in [2.24, 2.45) is 0 Å². The van der Waals surface area contributed by atoms with E-state index >= 15 is 0 Å². The van der Waals surface area contributed by atoms with Crippen molar-refractivity contribution in [3.05, 3.63) is 35.9 Å². The zero-order valence-electron chi connectivity index (χ0n) is 12.0. The number of likely N-dealkylation sites (tertiary alicyclic amines) is 1. The molecule has 0 spiro atoms. The van der Waals surface area contributed by atoms with Crippen LogP contribution in [0.15, 0.2) is 24.3 Å². The molecule has 1 aliphatic heterocycles. The fourth-order valence-corrected chi connectivity index (χ4v) is 2.38. The van der Waals surface area contributed by atoms with Crippen molar-refractivity contribution in [1.29, 1.82) is 0 Å². The summed E-state index contributed by atoms with van der Waals surface area (Å²) < 4.78 is 5.40. The van der Waals surface area contributed by atoms with Crippen LogP contribution in [0.1, 0.15) is 45.1 Å². The molecule has 0 aliphatic carbocycles. The van der Waals surface area contributed by atoms with Gasteiger partial charge in [-0.05, 0) is 51.2 Å². The Balaban J connectivity index is 1.88. The van der Waals surface area contributed by atoms with Crippen molar-refractivity contribution in [3.63, 3.8) is 0 Å². The van der Waals surface area contributed by atoms with E-state index in [0.29, 0.717) is 5.92 Å². The quantitative estimate of drug-likeness (QED) is 0.772. The standard InChI is InChI=1S/C16H22NO2/c1-16(2,3)19-15(18)17-11-9-14(10-12-17)13-7-5-4-6-8-13/h4-5,7-8,14H,9-12H2,1-3H3. The highest BCUT2D eigenvalue weighted by atomic mass is 16.6. The summed E-state index contributed by atoms with van der Waals surface area (Å²) in [6, 6.07) is 11.3. The van der Waals surface area contributed by atoms with Crippen LogP contribution >= 0.6 is 0 Å². The first kappa shape index (κ1) is 13.9. The van der Waals surface area contributed by atoms with Gasteiger partial charge in [0, 0.05) is 13.1 Å². The maximum absolute atomic E-state index is 12.0. The second-order valence-electron chi connectivity index (χ2n) is 6.08. The molecule has 0 N–H and O–H groups in total. The van der Waals surface area contributed by atoms with E-state index in [4.69, 9.17) is 4.74 Å². The van der Waals surface area contributed by atoms with Crippen molar-refractivity contribution >= 4 is 6.09 Å². The van der Waals surface area contributed by atoms with Crippen LogP contribution in [0.3, 0.4) is 0 Å². The first-order valence-electron chi connectivity index (χ1n) is 6.89. The SMILES string of the molecule is CC(C)(C)OC(=O)N1CCC(c2c[c]ccc2)CC1. The highest BCUT2D eigenvalue weighted by molar-refractivity contribution is 5.68. The van der Waals surface area contributed by atoms with Gasteiger partial charge in [0.1, 0.15) is 5.60 Å². The van der Waals surface area contributed by atoms with Crippen molar-refractivity contribution in [2.45, 2.75) is 45.1 Å². The summed E-state index contributed by atoms with van der Waals surface area (Å²) in [4.78, 5) is 13.8. The van der Waals surface area contributed by atoms with Gasteiger partial charge >= 0.3 is 6.09 Å². The predicted molar refractivity (Wildman–Crippen MR) is 75.1 cm³/mol. The number of nitrogens with zero attached hydrogens (tertiary/aromatic N) is 1. The van der Waals surface area contributed by atoms with Crippen molar-refractivity contribution < 1.29 is 9.53 Å². The molecule has 1 fully saturated rings. The number of carbonyl (C=O) groups is 1. The first-order valence-corrected chi connectivity index (χ1v) is 6.89. The minimum Gasteiger partial charge on any atom is -0.444 e. The molecular weight excluding hydrogens is 238 g/mol. The normalized spacial score (nSPS) is 17.3. The topological polar surface area (TPSA) is 29.5 Å². The molecule has 3 heteroatoms. The van der Waals surface area contributed by atoms with Crippen LogP contribution in [0.5, 0.6) is 0 Å². The number of piperidine rings is 1. The summed E-state index contributed by atoms with van der Waals surface area (Å²) in [5, 5.41) is 0. The summed E-state index contributed by atoms with van der Waals surface area (Å²) >= 11 is 0. The second kappa shape index (κ2) is 5.64. The molecule has 0 bridgehead atoms. The third-order valence-electron chi connectivity index (χ3n) is 3.35. The van der Waals surface area contributed by atoms with E-state index < -0.39 is 5.60 Å². The molecule has 19 heavy (non-hydrogen) atoms. The lowest BCUT2D eigenvalue weighted by Crippen LogP contribution is -2.41. The van der Waals surface area contributed by atoms with Crippen LogP contribution in [0.25, 0.3) is 0 Å². The molecule has 1 saturated heterocycles. The van der Waals surface area contributed by atoms with Gasteiger partial charge in [0.15, 0.2) is 0 Å². The molecule has 0 aromatic heterocycles. The number of hydrogen-bond donors (Lipinski definition) is 0. The number of amides is 1. The highest BCUT2D eigenvalue weighted by Gasteiger charge is 2.27. The summed E-state index contributed by atoms with van der Waals surface area (Å²) in [5.74, 6) is 0.538. The molecule has 1 radical (unpaired) electrons. The number of hydrogen-bond acceptors (Lipinski definition) is 2. The average molecular weight is 260 g/mol. The van der Waals surface area contributed by atoms with Gasteiger partial charge in [-0.1, -0.05) is 24.3 Å². The Bertz CT molecular complexity index is 414. The molecule has 3 nitrogen and oxygen atoms in total. The van der Waals surface area contributed by atoms with Gasteiger partial charge in [0.2, 0.25) is 0 Å². The van der Waals surface area contributed by atoms with Gasteiger partial charge in [-0.15, -0.1) is 0 Å². The van der Waals surface area contributed by atoms with Gasteiger partial charge in [-0.3, -0.25) is 0 Å². The van der Waals surface area contributed by atoms with E-state index in [2.05, 4.69) is 12.1 Å². The fourth-order valence-electron chi connectivity index (χ4n) is 2.38. The third-order valence-corrected chi connectivity index (χ3v) is 3.35. The second-order valence-corrected chi connectivity index (χ2v) is 6.08. The molecule has 1 aliphatic rings. The van der Waals surface area contributed by atoms with Crippen LogP contribution in [-0.2, 0) is 4.74 Å². The maximum atomic E-state index is 12.0. The maximum Gasteiger partial charge on any atom is 0.410 e. The van der Waals surface area contributed by atoms with Crippen molar-refractivity contribution in [1.82, 2.24) is 4.90 Å². The summed E-state index contributed by atoms with van der Waals surface area (Å²) in [5.41, 5.74) is 0.911. The van der Waals surface area contributed by atoms with E-state index in [-0.39, 0.29) is 6.09 Å². The Morgan fingerprint density at radius 3 is 2.58 bits per heavy atom. The lowest BCUT2D eigenvalue weighted by molar-refractivity contribution is 0.0205. The summed E-state index contributed by atoms with van der Waals surface area (Å²) in [6.07, 6.45) is 1.80. The third kappa shape index (κ3) is 3.98. The van der Waals surface area contributed by atoms with E-state index in [0.717, 1.165) is 25.9 Å². The molecule has 1 amide bonds. The highest BCUT2D eigenvalue weighted by Crippen LogP contribution is 2.28. The number of ether oxygens (including phenoxy) is 1. The summed E-state index contributed by atoms with van der Waals surface area (Å²) in [7, 11) is 0. The molecule has 1 heterocycles. The fraction of sp³-hybridized carbons (Fsp3) is 0.562. The van der Waals surface area contributed by atoms with Gasteiger partial charge < -0.3 is 9.64 Å². The monoisotopic (exact) mass is 260 g/mol. The Hall–Kier alpha value is -1.51. The number of rotatable bonds is 1. The molecule has 1 aromatic rings. The van der Waals surface area contributed by atoms with Crippen LogP contribution in [0.2, 0.25) is 0 Å². The Morgan fingerprint density at radius 2 is 2.05 bits per heavy atom. The molecule has 0 unspecified atom stereocenters. The van der Waals surface area contributed by atoms with Crippen LogP contribution in [0, 0.1) is 6.07 Å². The summed E-state index contributed by atoms with van der Waals surface area (Å²) in [6.45, 7) is 7.25. The largest absolute Gasteiger partial charge is 0.444 e. The van der Waals surface area contributed by atoms with Crippen LogP contribution < -0.4 is 0 Å². The minimum atomic E-state index is -0.414. The van der Waals surface area contributed by atoms with E-state index in [1.165, 1.54) is 5.56 Å². The zero-order chi connectivity index (χ0) is 13.9. The number of carbonyl (C=O) groups excluding carboxylic acids is 1. The molecule has 103 valence electrons. The lowest BCUT2D eigenvalue weighted by Gasteiger charge is -2.33. The Labute approximate surface area is 115 Å². The average Bonchev–Trinajstić information content (AvgIpc) is 2.38. The smallest absolute Gasteiger partial charge is 0.410 e. The van der Waals surface area contributed by atoms with E-state index in [1.807, 2.05) is 43.9 Å². The zero-order valence-corrected chi connectivity index (χ0v) is 12.0. The molecule has 2 rings (SSSR count). The number of benzene rings is 1. The minimum absolute atomic E-state index is 0.189. The van der Waals surface area contributed by atoms with Gasteiger partial charge in [-0.25, -0.2) is 4.79 Å². The molecule has 1 aromatic carbocycles. The van der Waals surface area contributed by atoms with Crippen molar-refractivity contribution in [3.8, 4) is 0 Å².